The first-order chi connectivity index (χ1) is 29.8. The summed E-state index contributed by atoms with van der Waals surface area (Å²) < 4.78 is 2.60. The van der Waals surface area contributed by atoms with E-state index < -0.39 is 0 Å². The number of hydrogen-bond acceptors (Lipinski definition) is 2. The van der Waals surface area contributed by atoms with Gasteiger partial charge < -0.3 is 4.90 Å². The fourth-order valence-corrected chi connectivity index (χ4v) is 10.6. The summed E-state index contributed by atoms with van der Waals surface area (Å²) in [5, 5.41) is 12.6. The summed E-state index contributed by atoms with van der Waals surface area (Å²) in [5.41, 5.74) is 10.8. The number of hydrogen-bond donors (Lipinski definition) is 0. The second-order valence-electron chi connectivity index (χ2n) is 15.6. The molecule has 12 rings (SSSR count). The van der Waals surface area contributed by atoms with Crippen LogP contribution in [0.5, 0.6) is 0 Å². The Morgan fingerprint density at radius 2 is 0.800 bits per heavy atom. The number of benzene rings is 11. The number of thiophene rings is 1. The lowest BCUT2D eigenvalue weighted by Crippen LogP contribution is -2.10. The van der Waals surface area contributed by atoms with Gasteiger partial charge in [-0.3, -0.25) is 0 Å². The Morgan fingerprint density at radius 3 is 1.58 bits per heavy atom. The van der Waals surface area contributed by atoms with Gasteiger partial charge in [0, 0.05) is 36.9 Å². The summed E-state index contributed by atoms with van der Waals surface area (Å²) in [5.74, 6) is 0. The molecular weight excluding hydrogens is 743 g/mol. The van der Waals surface area contributed by atoms with Crippen LogP contribution in [0, 0.1) is 0 Å². The molecule has 0 bridgehead atoms. The van der Waals surface area contributed by atoms with E-state index in [0.29, 0.717) is 0 Å². The molecule has 0 N–H and O–H groups in total. The molecule has 12 aromatic rings. The fourth-order valence-electron chi connectivity index (χ4n) is 9.48. The van der Waals surface area contributed by atoms with E-state index in [4.69, 9.17) is 0 Å². The maximum atomic E-state index is 2.44. The number of fused-ring (bicyclic) bond motifs is 9. The van der Waals surface area contributed by atoms with E-state index in [-0.39, 0.29) is 0 Å². The van der Waals surface area contributed by atoms with Crippen LogP contribution in [-0.4, -0.2) is 0 Å². The van der Waals surface area contributed by atoms with Gasteiger partial charge in [-0.1, -0.05) is 182 Å². The molecule has 0 unspecified atom stereocenters. The molecular formula is C58H37NS. The van der Waals surface area contributed by atoms with Crippen LogP contribution in [0.4, 0.5) is 17.1 Å². The lowest BCUT2D eigenvalue weighted by atomic mass is 9.84. The van der Waals surface area contributed by atoms with E-state index in [9.17, 15) is 0 Å². The van der Waals surface area contributed by atoms with Crippen LogP contribution in [0.1, 0.15) is 0 Å². The molecule has 0 spiro atoms. The zero-order valence-electron chi connectivity index (χ0n) is 32.7. The molecule has 0 saturated heterocycles. The summed E-state index contributed by atoms with van der Waals surface area (Å²) >= 11 is 1.86. The van der Waals surface area contributed by atoms with Crippen molar-refractivity contribution < 1.29 is 0 Å². The Kier molecular flexibility index (Phi) is 8.11. The molecule has 0 aliphatic carbocycles. The van der Waals surface area contributed by atoms with E-state index in [2.05, 4.69) is 229 Å². The Morgan fingerprint density at radius 1 is 0.267 bits per heavy atom. The van der Waals surface area contributed by atoms with Gasteiger partial charge in [0.2, 0.25) is 0 Å². The third-order valence-corrected chi connectivity index (χ3v) is 13.4. The molecule has 1 heterocycles. The number of nitrogens with zero attached hydrogens (tertiary/aromatic N) is 1. The SMILES string of the molecule is c1ccc(-c2c(-c3ccccc3)c3cc(-c4ccc(N(c5ccc6c(c5)sc5ccccc56)c5cccc6c5ccc5ccccc56)cc4)ccc3c3ccccc23)cc1. The van der Waals surface area contributed by atoms with Gasteiger partial charge in [0.05, 0.1) is 5.69 Å². The molecule has 0 amide bonds. The predicted octanol–water partition coefficient (Wildman–Crippen LogP) is 17.1. The Hall–Kier alpha value is -7.52. The van der Waals surface area contributed by atoms with Crippen molar-refractivity contribution in [1.29, 1.82) is 0 Å². The minimum atomic E-state index is 1.11. The minimum absolute atomic E-state index is 1.11. The molecule has 0 fully saturated rings. The summed E-state index contributed by atoms with van der Waals surface area (Å²) in [4.78, 5) is 2.44. The van der Waals surface area contributed by atoms with E-state index in [1.807, 2.05) is 11.3 Å². The van der Waals surface area contributed by atoms with E-state index in [1.165, 1.54) is 96.6 Å². The molecule has 0 radical (unpaired) electrons. The van der Waals surface area contributed by atoms with Gasteiger partial charge in [0.1, 0.15) is 0 Å². The largest absolute Gasteiger partial charge is 0.310 e. The topological polar surface area (TPSA) is 3.24 Å². The highest BCUT2D eigenvalue weighted by Crippen LogP contribution is 2.47. The van der Waals surface area contributed by atoms with Crippen molar-refractivity contribution in [2.24, 2.45) is 0 Å². The van der Waals surface area contributed by atoms with Crippen molar-refractivity contribution in [2.75, 3.05) is 4.90 Å². The van der Waals surface area contributed by atoms with E-state index in [1.54, 1.807) is 0 Å². The van der Waals surface area contributed by atoms with Crippen LogP contribution in [0.15, 0.2) is 224 Å². The molecule has 1 nitrogen and oxygen atoms in total. The quantitative estimate of drug-likeness (QED) is 0.152. The van der Waals surface area contributed by atoms with Gasteiger partial charge >= 0.3 is 0 Å². The summed E-state index contributed by atoms with van der Waals surface area (Å²) in [6.07, 6.45) is 0. The molecule has 2 heteroatoms. The van der Waals surface area contributed by atoms with Crippen molar-refractivity contribution in [1.82, 2.24) is 0 Å². The predicted molar refractivity (Wildman–Crippen MR) is 260 cm³/mol. The van der Waals surface area contributed by atoms with Crippen LogP contribution in [-0.2, 0) is 0 Å². The van der Waals surface area contributed by atoms with Crippen LogP contribution in [0.3, 0.4) is 0 Å². The van der Waals surface area contributed by atoms with Gasteiger partial charge in [-0.15, -0.1) is 11.3 Å². The zero-order valence-corrected chi connectivity index (χ0v) is 33.5. The first kappa shape index (κ1) is 34.5. The van der Waals surface area contributed by atoms with Crippen LogP contribution >= 0.6 is 11.3 Å². The molecule has 60 heavy (non-hydrogen) atoms. The molecule has 280 valence electrons. The maximum Gasteiger partial charge on any atom is 0.0540 e. The summed E-state index contributed by atoms with van der Waals surface area (Å²) in [6.45, 7) is 0. The lowest BCUT2D eigenvalue weighted by Gasteiger charge is -2.27. The fraction of sp³-hybridized carbons (Fsp3) is 0. The van der Waals surface area contributed by atoms with Gasteiger partial charge in [-0.25, -0.2) is 0 Å². The molecule has 0 atom stereocenters. The Bertz CT molecular complexity index is 3590. The average molecular weight is 780 g/mol. The number of rotatable bonds is 6. The Labute approximate surface area is 352 Å². The lowest BCUT2D eigenvalue weighted by molar-refractivity contribution is 1.31. The van der Waals surface area contributed by atoms with Crippen LogP contribution in [0.2, 0.25) is 0 Å². The third kappa shape index (κ3) is 5.61. The van der Waals surface area contributed by atoms with E-state index >= 15 is 0 Å². The van der Waals surface area contributed by atoms with Crippen molar-refractivity contribution in [3.05, 3.63) is 224 Å². The van der Waals surface area contributed by atoms with Crippen molar-refractivity contribution >= 4 is 91.7 Å². The van der Waals surface area contributed by atoms with Crippen LogP contribution in [0.25, 0.3) is 96.6 Å². The first-order valence-electron chi connectivity index (χ1n) is 20.6. The van der Waals surface area contributed by atoms with Gasteiger partial charge in [-0.05, 0) is 114 Å². The van der Waals surface area contributed by atoms with Gasteiger partial charge in [0.25, 0.3) is 0 Å². The molecule has 0 saturated carbocycles. The molecule has 1 aromatic heterocycles. The highest BCUT2D eigenvalue weighted by molar-refractivity contribution is 7.25. The first-order valence-corrected chi connectivity index (χ1v) is 21.4. The highest BCUT2D eigenvalue weighted by Gasteiger charge is 2.20. The second kappa shape index (κ2) is 14.1. The maximum absolute atomic E-state index is 2.44. The minimum Gasteiger partial charge on any atom is -0.310 e. The second-order valence-corrected chi connectivity index (χ2v) is 16.7. The van der Waals surface area contributed by atoms with E-state index in [0.717, 1.165) is 17.1 Å². The van der Waals surface area contributed by atoms with Gasteiger partial charge in [-0.2, -0.15) is 0 Å². The van der Waals surface area contributed by atoms with Crippen molar-refractivity contribution in [2.45, 2.75) is 0 Å². The number of anilines is 3. The monoisotopic (exact) mass is 779 g/mol. The average Bonchev–Trinajstić information content (AvgIpc) is 3.70. The molecule has 11 aromatic carbocycles. The standard InChI is InChI=1S/C58H37NS/c1-3-15-40(16-4-1)57-52-22-10-9-20-47(52)48-33-29-42(36-53(48)58(57)41-17-5-2-6-18-41)38-26-30-43(31-27-38)59(44-32-35-51-50-21-11-12-25-55(50)60-56(51)37-44)54-24-13-23-46-45-19-8-7-14-39(45)28-34-49(46)54/h1-37H. The van der Waals surface area contributed by atoms with Crippen LogP contribution < -0.4 is 4.90 Å². The molecule has 0 aliphatic heterocycles. The van der Waals surface area contributed by atoms with Crippen molar-refractivity contribution in [3.8, 4) is 33.4 Å². The third-order valence-electron chi connectivity index (χ3n) is 12.2. The smallest absolute Gasteiger partial charge is 0.0540 e. The molecule has 0 aliphatic rings. The van der Waals surface area contributed by atoms with Gasteiger partial charge in [0.15, 0.2) is 0 Å². The normalized spacial score (nSPS) is 11.7. The summed E-state index contributed by atoms with van der Waals surface area (Å²) in [6, 6.07) is 82.5. The van der Waals surface area contributed by atoms with Crippen molar-refractivity contribution in [3.63, 3.8) is 0 Å². The summed E-state index contributed by atoms with van der Waals surface area (Å²) in [7, 11) is 0. The highest BCUT2D eigenvalue weighted by atomic mass is 32.1. The zero-order chi connectivity index (χ0) is 39.6. The Balaban J connectivity index is 1.04.